The lowest BCUT2D eigenvalue weighted by Crippen LogP contribution is -2.56. The molecule has 1 aromatic rings. The van der Waals surface area contributed by atoms with Crippen LogP contribution in [0, 0.1) is 6.92 Å². The Labute approximate surface area is 150 Å². The predicted octanol–water partition coefficient (Wildman–Crippen LogP) is 2.01. The van der Waals surface area contributed by atoms with Crippen molar-refractivity contribution in [3.8, 4) is 0 Å². The first-order chi connectivity index (χ1) is 12.1. The number of piperidine rings is 1. The fraction of sp³-hybridized carbons (Fsp3) is 0.650. The number of carbonyl (C=O) groups is 1. The molecule has 0 bridgehead atoms. The SMILES string of the molecule is COCCOCCCN1CCC2(CC1)NC(=O)Cc1c(C)cccc12. The first-order valence-corrected chi connectivity index (χ1v) is 9.34. The minimum Gasteiger partial charge on any atom is -0.382 e. The van der Waals surface area contributed by atoms with E-state index in [0.717, 1.165) is 45.5 Å². The van der Waals surface area contributed by atoms with Crippen LogP contribution in [-0.4, -0.2) is 57.4 Å². The Morgan fingerprint density at radius 1 is 1.20 bits per heavy atom. The average Bonchev–Trinajstić information content (AvgIpc) is 2.61. The van der Waals surface area contributed by atoms with E-state index < -0.39 is 0 Å². The summed E-state index contributed by atoms with van der Waals surface area (Å²) in [4.78, 5) is 14.8. The molecule has 0 atom stereocenters. The first kappa shape index (κ1) is 18.4. The zero-order valence-electron chi connectivity index (χ0n) is 15.5. The second kappa shape index (κ2) is 8.30. The molecular formula is C20H30N2O3. The molecule has 2 heterocycles. The Kier molecular flexibility index (Phi) is 6.10. The van der Waals surface area contributed by atoms with Gasteiger partial charge in [0.05, 0.1) is 25.2 Å². The number of methoxy groups -OCH3 is 1. The quantitative estimate of drug-likeness (QED) is 0.768. The van der Waals surface area contributed by atoms with Crippen LogP contribution in [0.25, 0.3) is 0 Å². The van der Waals surface area contributed by atoms with E-state index >= 15 is 0 Å². The number of rotatable bonds is 7. The summed E-state index contributed by atoms with van der Waals surface area (Å²) in [7, 11) is 1.69. The molecule has 1 amide bonds. The molecule has 1 N–H and O–H groups in total. The number of hydrogen-bond donors (Lipinski definition) is 1. The molecule has 0 radical (unpaired) electrons. The molecule has 0 aromatic heterocycles. The van der Waals surface area contributed by atoms with Gasteiger partial charge in [-0.15, -0.1) is 0 Å². The third-order valence-electron chi connectivity index (χ3n) is 5.55. The number of hydrogen-bond acceptors (Lipinski definition) is 4. The van der Waals surface area contributed by atoms with E-state index in [1.807, 2.05) is 0 Å². The van der Waals surface area contributed by atoms with Crippen molar-refractivity contribution in [1.82, 2.24) is 10.2 Å². The van der Waals surface area contributed by atoms with E-state index in [2.05, 4.69) is 35.3 Å². The maximum Gasteiger partial charge on any atom is 0.225 e. The van der Waals surface area contributed by atoms with Gasteiger partial charge < -0.3 is 19.7 Å². The summed E-state index contributed by atoms with van der Waals surface area (Å²) in [6.45, 7) is 7.31. The van der Waals surface area contributed by atoms with E-state index in [1.54, 1.807) is 7.11 Å². The van der Waals surface area contributed by atoms with Gasteiger partial charge in [0.25, 0.3) is 0 Å². The van der Waals surface area contributed by atoms with Crippen LogP contribution in [-0.2, 0) is 26.2 Å². The van der Waals surface area contributed by atoms with Crippen molar-refractivity contribution in [2.75, 3.05) is 46.6 Å². The molecule has 25 heavy (non-hydrogen) atoms. The van der Waals surface area contributed by atoms with Crippen molar-refractivity contribution in [2.45, 2.75) is 38.1 Å². The van der Waals surface area contributed by atoms with Gasteiger partial charge in [-0.2, -0.15) is 0 Å². The van der Waals surface area contributed by atoms with Crippen LogP contribution >= 0.6 is 0 Å². The molecule has 3 rings (SSSR count). The molecule has 1 spiro atoms. The maximum atomic E-state index is 12.3. The van der Waals surface area contributed by atoms with Gasteiger partial charge in [0.2, 0.25) is 5.91 Å². The number of fused-ring (bicyclic) bond motifs is 2. The number of aryl methyl sites for hydroxylation is 1. The second-order valence-electron chi connectivity index (χ2n) is 7.21. The van der Waals surface area contributed by atoms with Crippen LogP contribution in [0.4, 0.5) is 0 Å². The number of ether oxygens (including phenoxy) is 2. The van der Waals surface area contributed by atoms with Gasteiger partial charge in [-0.1, -0.05) is 18.2 Å². The van der Waals surface area contributed by atoms with Gasteiger partial charge in [-0.3, -0.25) is 4.79 Å². The van der Waals surface area contributed by atoms with Crippen LogP contribution in [0.2, 0.25) is 0 Å². The summed E-state index contributed by atoms with van der Waals surface area (Å²) in [6.07, 6.45) is 3.53. The Balaban J connectivity index is 1.55. The highest BCUT2D eigenvalue weighted by Crippen LogP contribution is 2.38. The molecule has 1 fully saturated rings. The lowest BCUT2D eigenvalue weighted by molar-refractivity contribution is -0.124. The maximum absolute atomic E-state index is 12.3. The van der Waals surface area contributed by atoms with Crippen molar-refractivity contribution >= 4 is 5.91 Å². The molecule has 2 aliphatic rings. The lowest BCUT2D eigenvalue weighted by Gasteiger charge is -2.46. The molecule has 0 saturated carbocycles. The number of likely N-dealkylation sites (tertiary alicyclic amines) is 1. The van der Waals surface area contributed by atoms with Crippen molar-refractivity contribution in [3.63, 3.8) is 0 Å². The molecule has 2 aliphatic heterocycles. The van der Waals surface area contributed by atoms with Crippen molar-refractivity contribution < 1.29 is 14.3 Å². The smallest absolute Gasteiger partial charge is 0.225 e. The zero-order valence-corrected chi connectivity index (χ0v) is 15.5. The van der Waals surface area contributed by atoms with Gasteiger partial charge in [0.1, 0.15) is 0 Å². The monoisotopic (exact) mass is 346 g/mol. The van der Waals surface area contributed by atoms with Crippen molar-refractivity contribution in [3.05, 3.63) is 34.9 Å². The van der Waals surface area contributed by atoms with Crippen LogP contribution in [0.3, 0.4) is 0 Å². The number of benzene rings is 1. The highest BCUT2D eigenvalue weighted by molar-refractivity contribution is 5.83. The van der Waals surface area contributed by atoms with E-state index in [0.29, 0.717) is 19.6 Å². The topological polar surface area (TPSA) is 50.8 Å². The van der Waals surface area contributed by atoms with Crippen molar-refractivity contribution in [1.29, 1.82) is 0 Å². The van der Waals surface area contributed by atoms with Crippen LogP contribution < -0.4 is 5.32 Å². The molecule has 5 heteroatoms. The van der Waals surface area contributed by atoms with E-state index in [4.69, 9.17) is 9.47 Å². The summed E-state index contributed by atoms with van der Waals surface area (Å²) in [6, 6.07) is 6.45. The van der Waals surface area contributed by atoms with Crippen LogP contribution in [0.15, 0.2) is 18.2 Å². The normalized spacial score (nSPS) is 19.7. The Bertz CT molecular complexity index is 595. The molecule has 0 unspecified atom stereocenters. The Morgan fingerprint density at radius 3 is 2.76 bits per heavy atom. The van der Waals surface area contributed by atoms with Gasteiger partial charge in [-0.05, 0) is 42.9 Å². The van der Waals surface area contributed by atoms with Gasteiger partial charge in [0.15, 0.2) is 0 Å². The van der Waals surface area contributed by atoms with Gasteiger partial charge in [-0.25, -0.2) is 0 Å². The van der Waals surface area contributed by atoms with E-state index in [9.17, 15) is 4.79 Å². The average molecular weight is 346 g/mol. The van der Waals surface area contributed by atoms with Gasteiger partial charge in [0, 0.05) is 33.4 Å². The molecule has 1 aromatic carbocycles. The second-order valence-corrected chi connectivity index (χ2v) is 7.21. The molecule has 138 valence electrons. The molecule has 5 nitrogen and oxygen atoms in total. The van der Waals surface area contributed by atoms with Gasteiger partial charge >= 0.3 is 0 Å². The third-order valence-corrected chi connectivity index (χ3v) is 5.55. The highest BCUT2D eigenvalue weighted by Gasteiger charge is 2.41. The first-order valence-electron chi connectivity index (χ1n) is 9.34. The minimum atomic E-state index is -0.165. The van der Waals surface area contributed by atoms with Crippen LogP contribution in [0.1, 0.15) is 36.0 Å². The summed E-state index contributed by atoms with van der Waals surface area (Å²) < 4.78 is 10.5. The fourth-order valence-corrected chi connectivity index (χ4v) is 4.11. The zero-order chi connectivity index (χ0) is 17.7. The Morgan fingerprint density at radius 2 is 2.00 bits per heavy atom. The predicted molar refractivity (Wildman–Crippen MR) is 97.7 cm³/mol. The summed E-state index contributed by atoms with van der Waals surface area (Å²) >= 11 is 0. The summed E-state index contributed by atoms with van der Waals surface area (Å²) in [5, 5.41) is 3.32. The summed E-state index contributed by atoms with van der Waals surface area (Å²) in [5.41, 5.74) is 3.66. The fourth-order valence-electron chi connectivity index (χ4n) is 4.11. The van der Waals surface area contributed by atoms with E-state index in [-0.39, 0.29) is 11.4 Å². The third kappa shape index (κ3) is 4.22. The van der Waals surface area contributed by atoms with E-state index in [1.165, 1.54) is 16.7 Å². The highest BCUT2D eigenvalue weighted by atomic mass is 16.5. The number of nitrogens with one attached hydrogen (secondary N) is 1. The molecule has 0 aliphatic carbocycles. The minimum absolute atomic E-state index is 0.165. The van der Waals surface area contributed by atoms with Crippen molar-refractivity contribution in [2.24, 2.45) is 0 Å². The largest absolute Gasteiger partial charge is 0.382 e. The number of carbonyl (C=O) groups excluding carboxylic acids is 1. The van der Waals surface area contributed by atoms with Crippen LogP contribution in [0.5, 0.6) is 0 Å². The standard InChI is InChI=1S/C20H30N2O3/c1-16-5-3-6-18-17(16)15-19(23)21-20(18)7-10-22(11-8-20)9-4-12-25-14-13-24-2/h3,5-6H,4,7-15H2,1-2H3,(H,21,23). The number of nitrogens with zero attached hydrogens (tertiary/aromatic N) is 1. The Hall–Kier alpha value is -1.43. The lowest BCUT2D eigenvalue weighted by atomic mass is 9.74. The summed E-state index contributed by atoms with van der Waals surface area (Å²) in [5.74, 6) is 0.168. The number of amides is 1. The molecular weight excluding hydrogens is 316 g/mol. The molecule has 1 saturated heterocycles.